The summed E-state index contributed by atoms with van der Waals surface area (Å²) in [6.07, 6.45) is 0. The van der Waals surface area contributed by atoms with Gasteiger partial charge in [0.05, 0.1) is 0 Å². The van der Waals surface area contributed by atoms with Gasteiger partial charge in [0, 0.05) is 0 Å². The molecule has 0 aliphatic carbocycles. The Morgan fingerprint density at radius 3 is 1.22 bits per heavy atom. The second-order valence-electron chi connectivity index (χ2n) is 2.35. The van der Waals surface area contributed by atoms with Gasteiger partial charge in [0.1, 0.15) is 0 Å². The van der Waals surface area contributed by atoms with Gasteiger partial charge >= 0.3 is 29.6 Å². The van der Waals surface area contributed by atoms with E-state index in [0.717, 1.165) is 0 Å². The van der Waals surface area contributed by atoms with Crippen molar-refractivity contribution in [1.82, 2.24) is 0 Å². The molecule has 9 heavy (non-hydrogen) atoms. The van der Waals surface area contributed by atoms with Crippen LogP contribution in [0.2, 0.25) is 0 Å². The zero-order chi connectivity index (χ0) is 6.08. The van der Waals surface area contributed by atoms with Crippen LogP contribution in [0.25, 0.3) is 0 Å². The second-order valence-corrected chi connectivity index (χ2v) is 4.04. The van der Waals surface area contributed by atoms with Crippen LogP contribution in [-0.4, -0.2) is 4.75 Å². The van der Waals surface area contributed by atoms with Gasteiger partial charge in [0.15, 0.2) is 0 Å². The van der Waals surface area contributed by atoms with Crippen molar-refractivity contribution >= 4 is 10.7 Å². The first-order valence-corrected chi connectivity index (χ1v) is 3.11. The number of hydrogen-bond acceptors (Lipinski definition) is 3. The minimum Gasteiger partial charge on any atom is -0.457 e. The molecule has 0 aromatic carbocycles. The van der Waals surface area contributed by atoms with Crippen LogP contribution in [0, 0.1) is 0 Å². The molecule has 0 saturated heterocycles. The van der Waals surface area contributed by atoms with E-state index >= 15 is 0 Å². The van der Waals surface area contributed by atoms with Crippen molar-refractivity contribution in [2.75, 3.05) is 0 Å². The molecule has 0 spiro atoms. The van der Waals surface area contributed by atoms with Gasteiger partial charge < -0.3 is 13.9 Å². The molecule has 0 atom stereocenters. The Hall–Kier alpha value is 0.910. The molecule has 3 N–H and O–H groups in total. The van der Waals surface area contributed by atoms with E-state index in [-0.39, 0.29) is 35.0 Å². The first kappa shape index (κ1) is 16.5. The molecule has 3 nitrogen and oxygen atoms in total. The van der Waals surface area contributed by atoms with Gasteiger partial charge in [-0.1, -0.05) is 36.2 Å². The summed E-state index contributed by atoms with van der Waals surface area (Å²) in [5.74, 6) is 0. The molecule has 0 aliphatic heterocycles. The first-order chi connectivity index (χ1) is 2.94. The third-order valence-corrected chi connectivity index (χ3v) is 1.50. The molecule has 0 aliphatic rings. The van der Waals surface area contributed by atoms with Crippen molar-refractivity contribution in [2.45, 2.75) is 25.5 Å². The van der Waals surface area contributed by atoms with Crippen molar-refractivity contribution < 1.29 is 43.5 Å². The van der Waals surface area contributed by atoms with Gasteiger partial charge in [-0.3, -0.25) is 0 Å². The van der Waals surface area contributed by atoms with Crippen molar-refractivity contribution in [2.24, 2.45) is 0 Å². The van der Waals surface area contributed by atoms with Gasteiger partial charge in [-0.05, 0) is 0 Å². The Labute approximate surface area is 79.4 Å². The largest absolute Gasteiger partial charge is 1.00 e. The van der Waals surface area contributed by atoms with Gasteiger partial charge in [0.25, 0.3) is 0 Å². The van der Waals surface area contributed by atoms with E-state index in [1.165, 1.54) is 0 Å². The molecule has 0 aromatic heterocycles. The summed E-state index contributed by atoms with van der Waals surface area (Å²) in [7, 11) is -1.93. The monoisotopic (exact) mass is 163 g/mol. The zero-order valence-corrected chi connectivity index (χ0v) is 9.12. The Morgan fingerprint density at radius 1 is 1.11 bits per heavy atom. The van der Waals surface area contributed by atoms with E-state index in [1.807, 2.05) is 0 Å². The Kier molecular flexibility index (Phi) is 10.4. The van der Waals surface area contributed by atoms with Crippen LogP contribution in [0.4, 0.5) is 0 Å². The summed E-state index contributed by atoms with van der Waals surface area (Å²) in [5.41, 5.74) is 0. The predicted octanol–water partition coefficient (Wildman–Crippen LogP) is -2.82. The van der Waals surface area contributed by atoms with Crippen molar-refractivity contribution in [3.8, 4) is 0 Å². The van der Waals surface area contributed by atoms with Gasteiger partial charge in [-0.2, -0.15) is 0 Å². The maximum absolute atomic E-state index is 10.0. The number of rotatable bonds is 0. The topological polar surface area (TPSA) is 67.1 Å². The summed E-state index contributed by atoms with van der Waals surface area (Å²) in [5, 5.41) is 0. The molecular formula is C4H12NaO3S+. The van der Waals surface area contributed by atoms with E-state index < -0.39 is 15.5 Å². The van der Waals surface area contributed by atoms with Crippen LogP contribution in [0.15, 0.2) is 0 Å². The third kappa shape index (κ3) is 8.91. The van der Waals surface area contributed by atoms with E-state index in [1.54, 1.807) is 20.8 Å². The standard InChI is InChI=1S/C4H9O2S.Na.H2O/c1-4(2,3)7(5)6;;/h1-3H3;;1H2/q-1;+1;/p+1. The second kappa shape index (κ2) is 5.68. The maximum atomic E-state index is 10.0. The molecule has 0 fully saturated rings. The Morgan fingerprint density at radius 2 is 1.22 bits per heavy atom. The summed E-state index contributed by atoms with van der Waals surface area (Å²) < 4.78 is 19.5. The van der Waals surface area contributed by atoms with E-state index in [9.17, 15) is 8.42 Å². The maximum Gasteiger partial charge on any atom is 1.00 e. The van der Waals surface area contributed by atoms with Gasteiger partial charge in [0.2, 0.25) is 0 Å². The average molecular weight is 163 g/mol. The molecular weight excluding hydrogens is 151 g/mol. The van der Waals surface area contributed by atoms with Crippen LogP contribution >= 0.6 is 0 Å². The molecule has 0 rings (SSSR count). The van der Waals surface area contributed by atoms with Crippen LogP contribution in [-0.2, 0) is 24.6 Å². The summed E-state index contributed by atoms with van der Waals surface area (Å²) >= 11 is 0. The minimum atomic E-state index is -1.93. The fraction of sp³-hybridized carbons (Fsp3) is 1.00. The Bertz CT molecular complexity index is 116. The zero-order valence-electron chi connectivity index (χ0n) is 6.30. The fourth-order valence-corrected chi connectivity index (χ4v) is 0. The Balaban J connectivity index is -0.000000180. The minimum absolute atomic E-state index is 0. The van der Waals surface area contributed by atoms with Gasteiger partial charge in [-0.15, -0.1) is 0 Å². The molecule has 0 amide bonds. The van der Waals surface area contributed by atoms with E-state index in [0.29, 0.717) is 0 Å². The molecule has 0 aromatic rings. The SMILES string of the molecule is CC(C)(C)[S-](=O)=O.[Na+].[OH3+]. The smallest absolute Gasteiger partial charge is 0.457 e. The average Bonchev–Trinajstić information content (AvgIpc) is 1.31. The molecule has 52 valence electrons. The fourth-order valence-electron chi connectivity index (χ4n) is 0. The third-order valence-electron chi connectivity index (χ3n) is 0.500. The molecule has 0 bridgehead atoms. The van der Waals surface area contributed by atoms with Crippen LogP contribution in [0.3, 0.4) is 0 Å². The molecule has 0 unspecified atom stereocenters. The quantitative estimate of drug-likeness (QED) is 0.219. The van der Waals surface area contributed by atoms with E-state index in [4.69, 9.17) is 0 Å². The molecule has 0 saturated carbocycles. The molecule has 0 heterocycles. The first-order valence-electron chi connectivity index (χ1n) is 2.04. The predicted molar refractivity (Wildman–Crippen MR) is 33.4 cm³/mol. The summed E-state index contributed by atoms with van der Waals surface area (Å²) in [4.78, 5) is 0. The van der Waals surface area contributed by atoms with Crippen LogP contribution in [0.1, 0.15) is 20.8 Å². The van der Waals surface area contributed by atoms with Crippen molar-refractivity contribution in [3.05, 3.63) is 0 Å². The van der Waals surface area contributed by atoms with E-state index in [2.05, 4.69) is 0 Å². The van der Waals surface area contributed by atoms with Crippen LogP contribution in [0.5, 0.6) is 0 Å². The van der Waals surface area contributed by atoms with Gasteiger partial charge in [-0.25, -0.2) is 0 Å². The van der Waals surface area contributed by atoms with Crippen molar-refractivity contribution in [3.63, 3.8) is 0 Å². The summed E-state index contributed by atoms with van der Waals surface area (Å²) in [6, 6.07) is 0. The summed E-state index contributed by atoms with van der Waals surface area (Å²) in [6.45, 7) is 4.95. The number of hydrogen-bond donors (Lipinski definition) is 0. The normalized spacial score (nSPS) is 9.78. The van der Waals surface area contributed by atoms with Crippen LogP contribution < -0.4 is 29.6 Å². The van der Waals surface area contributed by atoms with Crippen molar-refractivity contribution in [1.29, 1.82) is 0 Å². The molecule has 0 radical (unpaired) electrons. The molecule has 5 heteroatoms.